The van der Waals surface area contributed by atoms with Gasteiger partial charge in [-0.3, -0.25) is 4.79 Å². The molecule has 1 saturated carbocycles. The Hall–Kier alpha value is -0.260. The molecule has 2 aliphatic rings. The van der Waals surface area contributed by atoms with Crippen molar-refractivity contribution in [3.63, 3.8) is 0 Å². The molecule has 2 N–H and O–H groups in total. The zero-order valence-electron chi connectivity index (χ0n) is 14.1. The van der Waals surface area contributed by atoms with E-state index in [2.05, 4.69) is 17.1 Å². The van der Waals surface area contributed by atoms with Gasteiger partial charge in [-0.05, 0) is 31.9 Å². The summed E-state index contributed by atoms with van der Waals surface area (Å²) in [4.78, 5) is 14.3. The number of amides is 1. The highest BCUT2D eigenvalue weighted by Gasteiger charge is 2.32. The van der Waals surface area contributed by atoms with Gasteiger partial charge in [0.15, 0.2) is 0 Å². The zero-order valence-corrected chi connectivity index (χ0v) is 15.0. The summed E-state index contributed by atoms with van der Waals surface area (Å²) in [6, 6.07) is 0.318. The Kier molecular flexibility index (Phi) is 7.03. The third-order valence-electron chi connectivity index (χ3n) is 5.13. The minimum Gasteiger partial charge on any atom is -0.389 e. The van der Waals surface area contributed by atoms with E-state index in [-0.39, 0.29) is 5.91 Å². The number of rotatable bonds is 6. The number of aliphatic hydroxyl groups is 1. The van der Waals surface area contributed by atoms with Gasteiger partial charge in [0.05, 0.1) is 5.60 Å². The summed E-state index contributed by atoms with van der Waals surface area (Å²) in [7, 11) is 0. The minimum atomic E-state index is -0.456. The van der Waals surface area contributed by atoms with E-state index in [9.17, 15) is 9.90 Å². The van der Waals surface area contributed by atoms with Crippen molar-refractivity contribution in [2.45, 2.75) is 75.2 Å². The molecule has 0 bridgehead atoms. The number of β-amino-alcohol motifs (C(OH)–C–C–N with tert-alkyl or cyclic N) is 1. The summed E-state index contributed by atoms with van der Waals surface area (Å²) in [5.74, 6) is 0.186. The number of piperidine rings is 1. The molecule has 1 saturated heterocycles. The van der Waals surface area contributed by atoms with Crippen LogP contribution in [0.5, 0.6) is 0 Å². The predicted molar refractivity (Wildman–Crippen MR) is 93.2 cm³/mol. The fourth-order valence-corrected chi connectivity index (χ4v) is 3.97. The summed E-state index contributed by atoms with van der Waals surface area (Å²) < 4.78 is 0. The molecule has 0 aromatic rings. The molecule has 0 radical (unpaired) electrons. The zero-order chi connectivity index (χ0) is 16.0. The highest BCUT2D eigenvalue weighted by molar-refractivity contribution is 7.99. The minimum absolute atomic E-state index is 0.186. The topological polar surface area (TPSA) is 52.6 Å². The Bertz CT molecular complexity index is 351. The van der Waals surface area contributed by atoms with Gasteiger partial charge in [0, 0.05) is 37.3 Å². The lowest BCUT2D eigenvalue weighted by atomic mass is 9.84. The van der Waals surface area contributed by atoms with Crippen LogP contribution in [-0.4, -0.2) is 58.7 Å². The fourth-order valence-electron chi connectivity index (χ4n) is 3.65. The molecule has 2 rings (SSSR count). The Morgan fingerprint density at radius 1 is 1.32 bits per heavy atom. The van der Waals surface area contributed by atoms with Crippen molar-refractivity contribution in [2.75, 3.05) is 25.9 Å². The van der Waals surface area contributed by atoms with Crippen LogP contribution in [-0.2, 0) is 4.79 Å². The highest BCUT2D eigenvalue weighted by Crippen LogP contribution is 2.29. The van der Waals surface area contributed by atoms with Crippen molar-refractivity contribution in [1.82, 2.24) is 10.2 Å². The summed E-state index contributed by atoms with van der Waals surface area (Å²) in [6.45, 7) is 4.89. The second-order valence-corrected chi connectivity index (χ2v) is 8.43. The van der Waals surface area contributed by atoms with Gasteiger partial charge in [0.25, 0.3) is 0 Å². The number of nitrogens with zero attached hydrogens (tertiary/aromatic N) is 1. The van der Waals surface area contributed by atoms with Crippen LogP contribution in [0, 0.1) is 0 Å². The Labute approximate surface area is 139 Å². The van der Waals surface area contributed by atoms with Crippen molar-refractivity contribution in [3.8, 4) is 0 Å². The van der Waals surface area contributed by atoms with Crippen LogP contribution >= 0.6 is 11.8 Å². The molecule has 1 unspecified atom stereocenters. The van der Waals surface area contributed by atoms with Crippen LogP contribution in [0.25, 0.3) is 0 Å². The van der Waals surface area contributed by atoms with Crippen molar-refractivity contribution in [2.24, 2.45) is 0 Å². The van der Waals surface area contributed by atoms with Crippen molar-refractivity contribution < 1.29 is 9.90 Å². The molecule has 1 amide bonds. The molecule has 2 fully saturated rings. The number of hydrogen-bond acceptors (Lipinski definition) is 4. The SMILES string of the molecule is CSC(C)CC(=O)NC1CCN(CC2(O)CCCCC2)CC1. The largest absolute Gasteiger partial charge is 0.389 e. The maximum Gasteiger partial charge on any atom is 0.221 e. The molecule has 4 nitrogen and oxygen atoms in total. The van der Waals surface area contributed by atoms with Crippen LogP contribution < -0.4 is 5.32 Å². The van der Waals surface area contributed by atoms with Gasteiger partial charge in [-0.25, -0.2) is 0 Å². The quantitative estimate of drug-likeness (QED) is 0.786. The van der Waals surface area contributed by atoms with Crippen molar-refractivity contribution >= 4 is 17.7 Å². The average Bonchev–Trinajstić information content (AvgIpc) is 2.49. The molecule has 1 heterocycles. The summed E-state index contributed by atoms with van der Waals surface area (Å²) in [5.41, 5.74) is -0.456. The van der Waals surface area contributed by atoms with Gasteiger partial charge >= 0.3 is 0 Å². The van der Waals surface area contributed by atoms with Gasteiger partial charge in [0.2, 0.25) is 5.91 Å². The monoisotopic (exact) mass is 328 g/mol. The standard InChI is InChI=1S/C17H32N2O2S/c1-14(22-2)12-16(20)18-15-6-10-19(11-7-15)13-17(21)8-4-3-5-9-17/h14-15,21H,3-13H2,1-2H3,(H,18,20). The molecular formula is C17H32N2O2S. The number of carbonyl (C=O) groups is 1. The van der Waals surface area contributed by atoms with E-state index in [1.165, 1.54) is 6.42 Å². The third-order valence-corrected chi connectivity index (χ3v) is 6.10. The van der Waals surface area contributed by atoms with Crippen LogP contribution in [0.15, 0.2) is 0 Å². The first-order valence-electron chi connectivity index (χ1n) is 8.78. The van der Waals surface area contributed by atoms with E-state index in [0.29, 0.717) is 17.7 Å². The molecule has 1 aliphatic carbocycles. The number of carbonyl (C=O) groups excluding carboxylic acids is 1. The van der Waals surface area contributed by atoms with Crippen LogP contribution in [0.4, 0.5) is 0 Å². The lowest BCUT2D eigenvalue weighted by Crippen LogP contribution is -2.50. The van der Waals surface area contributed by atoms with E-state index in [1.54, 1.807) is 11.8 Å². The second-order valence-electron chi connectivity index (χ2n) is 7.15. The first kappa shape index (κ1) is 18.1. The normalized spacial score (nSPS) is 24.9. The second kappa shape index (κ2) is 8.55. The first-order chi connectivity index (χ1) is 10.5. The van der Waals surface area contributed by atoms with E-state index in [0.717, 1.165) is 58.2 Å². The van der Waals surface area contributed by atoms with E-state index < -0.39 is 5.60 Å². The Morgan fingerprint density at radius 2 is 1.95 bits per heavy atom. The van der Waals surface area contributed by atoms with E-state index in [4.69, 9.17) is 0 Å². The van der Waals surface area contributed by atoms with Crippen LogP contribution in [0.1, 0.15) is 58.3 Å². The highest BCUT2D eigenvalue weighted by atomic mass is 32.2. The Balaban J connectivity index is 1.68. The maximum absolute atomic E-state index is 12.0. The van der Waals surface area contributed by atoms with Gasteiger partial charge in [-0.2, -0.15) is 11.8 Å². The number of nitrogens with one attached hydrogen (secondary N) is 1. The van der Waals surface area contributed by atoms with E-state index in [1.807, 2.05) is 6.26 Å². The third kappa shape index (κ3) is 5.74. The van der Waals surface area contributed by atoms with Crippen molar-refractivity contribution in [3.05, 3.63) is 0 Å². The number of thioether (sulfide) groups is 1. The fraction of sp³-hybridized carbons (Fsp3) is 0.941. The summed E-state index contributed by atoms with van der Waals surface area (Å²) in [5, 5.41) is 14.2. The molecular weight excluding hydrogens is 296 g/mol. The molecule has 0 aromatic heterocycles. The molecule has 128 valence electrons. The molecule has 22 heavy (non-hydrogen) atoms. The summed E-state index contributed by atoms with van der Waals surface area (Å²) in [6.07, 6.45) is 10.2. The average molecular weight is 329 g/mol. The maximum atomic E-state index is 12.0. The molecule has 0 spiro atoms. The molecule has 1 atom stereocenters. The predicted octanol–water partition coefficient (Wildman–Crippen LogP) is 2.40. The first-order valence-corrected chi connectivity index (χ1v) is 10.1. The van der Waals surface area contributed by atoms with Gasteiger partial charge in [-0.1, -0.05) is 26.2 Å². The van der Waals surface area contributed by atoms with Gasteiger partial charge in [0.1, 0.15) is 0 Å². The van der Waals surface area contributed by atoms with Crippen LogP contribution in [0.2, 0.25) is 0 Å². The number of hydrogen-bond donors (Lipinski definition) is 2. The van der Waals surface area contributed by atoms with Crippen LogP contribution in [0.3, 0.4) is 0 Å². The molecule has 0 aromatic carbocycles. The smallest absolute Gasteiger partial charge is 0.221 e. The van der Waals surface area contributed by atoms with Gasteiger partial charge < -0.3 is 15.3 Å². The lowest BCUT2D eigenvalue weighted by Gasteiger charge is -2.40. The Morgan fingerprint density at radius 3 is 2.55 bits per heavy atom. The summed E-state index contributed by atoms with van der Waals surface area (Å²) >= 11 is 1.74. The molecule has 1 aliphatic heterocycles. The van der Waals surface area contributed by atoms with E-state index >= 15 is 0 Å². The molecule has 5 heteroatoms. The number of likely N-dealkylation sites (tertiary alicyclic amines) is 1. The van der Waals surface area contributed by atoms with Crippen molar-refractivity contribution in [1.29, 1.82) is 0 Å². The van der Waals surface area contributed by atoms with Gasteiger partial charge in [-0.15, -0.1) is 0 Å². The lowest BCUT2D eigenvalue weighted by molar-refractivity contribution is -0.122.